The van der Waals surface area contributed by atoms with Gasteiger partial charge in [0.05, 0.1) is 23.7 Å². The zero-order valence-electron chi connectivity index (χ0n) is 15.0. The topological polar surface area (TPSA) is 67.4 Å². The van der Waals surface area contributed by atoms with Gasteiger partial charge in [-0.25, -0.2) is 0 Å². The predicted octanol–water partition coefficient (Wildman–Crippen LogP) is 4.41. The highest BCUT2D eigenvalue weighted by Gasteiger charge is 2.30. The molecule has 0 radical (unpaired) electrons. The van der Waals surface area contributed by atoms with Crippen LogP contribution < -0.4 is 15.4 Å². The van der Waals surface area contributed by atoms with Crippen LogP contribution in [0.3, 0.4) is 0 Å². The lowest BCUT2D eigenvalue weighted by Gasteiger charge is -2.10. The molecule has 28 heavy (non-hydrogen) atoms. The molecule has 5 nitrogen and oxygen atoms in total. The molecule has 0 aliphatic rings. The average molecular weight is 412 g/mol. The normalized spacial score (nSPS) is 11.0. The number of nitrogens with one attached hydrogen (secondary N) is 2. The lowest BCUT2D eigenvalue weighted by molar-refractivity contribution is -0.137. The van der Waals surface area contributed by atoms with Crippen LogP contribution in [0.25, 0.3) is 0 Å². The van der Waals surface area contributed by atoms with Crippen LogP contribution in [0.2, 0.25) is 0 Å². The molecule has 0 heterocycles. The second-order valence-corrected chi connectivity index (χ2v) is 6.61. The van der Waals surface area contributed by atoms with E-state index in [-0.39, 0.29) is 23.1 Å². The van der Waals surface area contributed by atoms with E-state index in [9.17, 15) is 22.8 Å². The lowest BCUT2D eigenvalue weighted by atomic mass is 10.2. The first-order valence-electron chi connectivity index (χ1n) is 8.35. The van der Waals surface area contributed by atoms with E-state index in [2.05, 4.69) is 10.6 Å². The summed E-state index contributed by atoms with van der Waals surface area (Å²) in [4.78, 5) is 23.8. The Hall–Kier alpha value is -2.68. The van der Waals surface area contributed by atoms with Crippen molar-refractivity contribution in [1.29, 1.82) is 0 Å². The van der Waals surface area contributed by atoms with Crippen LogP contribution >= 0.6 is 11.8 Å². The van der Waals surface area contributed by atoms with E-state index in [4.69, 9.17) is 4.74 Å². The molecular formula is C19H19F3N2O3S. The van der Waals surface area contributed by atoms with Crippen molar-refractivity contribution in [3.63, 3.8) is 0 Å². The molecule has 150 valence electrons. The molecule has 2 N–H and O–H groups in total. The molecule has 9 heteroatoms. The number of hydrogen-bond acceptors (Lipinski definition) is 4. The molecule has 0 spiro atoms. The molecule has 0 aromatic heterocycles. The minimum Gasteiger partial charge on any atom is -0.494 e. The van der Waals surface area contributed by atoms with Crippen LogP contribution in [-0.4, -0.2) is 29.9 Å². The standard InChI is InChI=1S/C19H19F3N2O3S/c1-2-27-16-8-6-14(7-9-16)23-17(25)11-28-12-18(26)24-15-5-3-4-13(10-15)19(20,21)22/h3-10H,2,11-12H2,1H3,(H,23,25)(H,24,26). The quantitative estimate of drug-likeness (QED) is 0.674. The van der Waals surface area contributed by atoms with Gasteiger partial charge >= 0.3 is 6.18 Å². The number of anilines is 2. The molecule has 2 amide bonds. The smallest absolute Gasteiger partial charge is 0.416 e. The maximum atomic E-state index is 12.7. The Balaban J connectivity index is 1.75. The number of carbonyl (C=O) groups excluding carboxylic acids is 2. The third-order valence-corrected chi connectivity index (χ3v) is 4.32. The van der Waals surface area contributed by atoms with Crippen LogP contribution in [0.4, 0.5) is 24.5 Å². The Morgan fingerprint density at radius 3 is 2.14 bits per heavy atom. The monoisotopic (exact) mass is 412 g/mol. The fourth-order valence-corrected chi connectivity index (χ4v) is 2.82. The minimum atomic E-state index is -4.48. The van der Waals surface area contributed by atoms with Gasteiger partial charge < -0.3 is 15.4 Å². The third-order valence-electron chi connectivity index (χ3n) is 3.39. The number of thioether (sulfide) groups is 1. The summed E-state index contributed by atoms with van der Waals surface area (Å²) >= 11 is 1.06. The zero-order chi connectivity index (χ0) is 20.6. The van der Waals surface area contributed by atoms with E-state index < -0.39 is 17.6 Å². The van der Waals surface area contributed by atoms with Crippen molar-refractivity contribution in [1.82, 2.24) is 0 Å². The van der Waals surface area contributed by atoms with Crippen molar-refractivity contribution in [2.24, 2.45) is 0 Å². The Bertz CT molecular complexity index is 811. The van der Waals surface area contributed by atoms with Crippen molar-refractivity contribution in [3.05, 3.63) is 54.1 Å². The average Bonchev–Trinajstić information content (AvgIpc) is 2.63. The fraction of sp³-hybridized carbons (Fsp3) is 0.263. The van der Waals surface area contributed by atoms with Crippen LogP contribution in [0.5, 0.6) is 5.75 Å². The van der Waals surface area contributed by atoms with Crippen molar-refractivity contribution in [2.75, 3.05) is 28.7 Å². The summed E-state index contributed by atoms with van der Waals surface area (Å²) in [5.41, 5.74) is -0.186. The van der Waals surface area contributed by atoms with E-state index in [1.807, 2.05) is 6.92 Å². The van der Waals surface area contributed by atoms with E-state index >= 15 is 0 Å². The number of halogens is 3. The summed E-state index contributed by atoms with van der Waals surface area (Å²) in [6.07, 6.45) is -4.48. The van der Waals surface area contributed by atoms with Crippen LogP contribution in [0.1, 0.15) is 12.5 Å². The third kappa shape index (κ3) is 7.15. The molecule has 0 bridgehead atoms. The Kier molecular flexibility index (Phi) is 7.74. The number of rotatable bonds is 8. The number of carbonyl (C=O) groups is 2. The van der Waals surface area contributed by atoms with Crippen molar-refractivity contribution in [2.45, 2.75) is 13.1 Å². The Morgan fingerprint density at radius 1 is 0.964 bits per heavy atom. The van der Waals surface area contributed by atoms with Gasteiger partial charge in [0.15, 0.2) is 0 Å². The maximum Gasteiger partial charge on any atom is 0.416 e. The van der Waals surface area contributed by atoms with Gasteiger partial charge in [-0.2, -0.15) is 13.2 Å². The highest BCUT2D eigenvalue weighted by Crippen LogP contribution is 2.30. The second-order valence-electron chi connectivity index (χ2n) is 5.63. The van der Waals surface area contributed by atoms with E-state index in [0.717, 1.165) is 23.9 Å². The summed E-state index contributed by atoms with van der Waals surface area (Å²) < 4.78 is 43.3. The number of hydrogen-bond donors (Lipinski definition) is 2. The van der Waals surface area contributed by atoms with E-state index in [1.165, 1.54) is 12.1 Å². The summed E-state index contributed by atoms with van der Waals surface area (Å²) in [5, 5.41) is 5.08. The maximum absolute atomic E-state index is 12.7. The van der Waals surface area contributed by atoms with Gasteiger partial charge in [-0.3, -0.25) is 9.59 Å². The predicted molar refractivity (Wildman–Crippen MR) is 104 cm³/mol. The van der Waals surface area contributed by atoms with Gasteiger partial charge in [0.2, 0.25) is 11.8 Å². The summed E-state index contributed by atoms with van der Waals surface area (Å²) in [5.74, 6) is -0.115. The number of alkyl halides is 3. The molecule has 2 aromatic carbocycles. The molecule has 2 rings (SSSR count). The molecule has 0 aliphatic carbocycles. The minimum absolute atomic E-state index is 0.0310. The Morgan fingerprint density at radius 2 is 1.57 bits per heavy atom. The summed E-state index contributed by atoms with van der Waals surface area (Å²) in [7, 11) is 0. The highest BCUT2D eigenvalue weighted by atomic mass is 32.2. The van der Waals surface area contributed by atoms with E-state index in [1.54, 1.807) is 24.3 Å². The van der Waals surface area contributed by atoms with Gasteiger partial charge in [-0.1, -0.05) is 6.07 Å². The summed E-state index contributed by atoms with van der Waals surface area (Å²) in [6.45, 7) is 2.42. The fourth-order valence-electron chi connectivity index (χ4n) is 2.21. The molecule has 0 saturated heterocycles. The molecule has 0 atom stereocenters. The number of ether oxygens (including phenoxy) is 1. The van der Waals surface area contributed by atoms with Crippen LogP contribution in [-0.2, 0) is 15.8 Å². The largest absolute Gasteiger partial charge is 0.494 e. The van der Waals surface area contributed by atoms with Gasteiger partial charge in [-0.05, 0) is 49.4 Å². The molecule has 0 unspecified atom stereocenters. The zero-order valence-corrected chi connectivity index (χ0v) is 15.8. The Labute approximate surface area is 164 Å². The first kappa shape index (κ1) is 21.6. The molecule has 0 aliphatic heterocycles. The second kappa shape index (κ2) is 10.0. The van der Waals surface area contributed by atoms with Gasteiger partial charge in [-0.15, -0.1) is 11.8 Å². The molecule has 0 saturated carbocycles. The van der Waals surface area contributed by atoms with Crippen LogP contribution in [0.15, 0.2) is 48.5 Å². The lowest BCUT2D eigenvalue weighted by Crippen LogP contribution is -2.18. The van der Waals surface area contributed by atoms with Gasteiger partial charge in [0, 0.05) is 11.4 Å². The first-order chi connectivity index (χ1) is 13.3. The molecule has 2 aromatic rings. The molecule has 0 fully saturated rings. The highest BCUT2D eigenvalue weighted by molar-refractivity contribution is 8.00. The van der Waals surface area contributed by atoms with Crippen molar-refractivity contribution < 1.29 is 27.5 Å². The summed E-state index contributed by atoms with van der Waals surface area (Å²) in [6, 6.07) is 11.2. The van der Waals surface area contributed by atoms with Crippen LogP contribution in [0, 0.1) is 0 Å². The number of amides is 2. The molecular weight excluding hydrogens is 393 g/mol. The first-order valence-corrected chi connectivity index (χ1v) is 9.51. The number of benzene rings is 2. The van der Waals surface area contributed by atoms with E-state index in [0.29, 0.717) is 18.0 Å². The van der Waals surface area contributed by atoms with Gasteiger partial charge in [0.1, 0.15) is 5.75 Å². The van der Waals surface area contributed by atoms with Gasteiger partial charge in [0.25, 0.3) is 0 Å². The van der Waals surface area contributed by atoms with Crippen molar-refractivity contribution in [3.8, 4) is 5.75 Å². The van der Waals surface area contributed by atoms with Crippen molar-refractivity contribution >= 4 is 35.0 Å². The SMILES string of the molecule is CCOc1ccc(NC(=O)CSCC(=O)Nc2cccc(C(F)(F)F)c2)cc1.